The van der Waals surface area contributed by atoms with Crippen LogP contribution >= 0.6 is 0 Å². The smallest absolute Gasteiger partial charge is 0.748 e. The summed E-state index contributed by atoms with van der Waals surface area (Å²) in [7, 11) is -4.15. The van der Waals surface area contributed by atoms with Crippen LogP contribution in [0.4, 0.5) is 0 Å². The Balaban J connectivity index is 0. The van der Waals surface area contributed by atoms with E-state index in [4.69, 9.17) is 0 Å². The Morgan fingerprint density at radius 3 is 1.27 bits per heavy atom. The van der Waals surface area contributed by atoms with Crippen LogP contribution in [0.25, 0.3) is 0 Å². The fourth-order valence-electron chi connectivity index (χ4n) is 4.00. The van der Waals surface area contributed by atoms with Crippen LogP contribution < -0.4 is 29.6 Å². The van der Waals surface area contributed by atoms with Crippen LogP contribution in [-0.2, 0) is 10.1 Å². The summed E-state index contributed by atoms with van der Waals surface area (Å²) >= 11 is 0. The molecule has 30 heavy (non-hydrogen) atoms. The van der Waals surface area contributed by atoms with Crippen molar-refractivity contribution in [3.05, 3.63) is 0 Å². The summed E-state index contributed by atoms with van der Waals surface area (Å²) in [4.78, 5) is 0. The number of hydrogen-bond donors (Lipinski definition) is 1. The van der Waals surface area contributed by atoms with Crippen molar-refractivity contribution in [3.8, 4) is 0 Å². The van der Waals surface area contributed by atoms with E-state index < -0.39 is 15.4 Å². The van der Waals surface area contributed by atoms with E-state index in [-0.39, 0.29) is 35.7 Å². The second-order valence-electron chi connectivity index (χ2n) is 8.87. The number of hydrogen-bond acceptors (Lipinski definition) is 4. The second-order valence-corrected chi connectivity index (χ2v) is 10.5. The first-order chi connectivity index (χ1) is 13.9. The van der Waals surface area contributed by atoms with Crippen LogP contribution in [-0.4, -0.2) is 29.4 Å². The third-order valence-corrected chi connectivity index (χ3v) is 7.28. The average Bonchev–Trinajstić information content (AvgIpc) is 2.67. The summed E-state index contributed by atoms with van der Waals surface area (Å²) in [5.74, 6) is 0. The van der Waals surface area contributed by atoms with Gasteiger partial charge in [-0.1, -0.05) is 117 Å². The predicted molar refractivity (Wildman–Crippen MR) is 123 cm³/mol. The molecule has 2 unspecified atom stereocenters. The van der Waals surface area contributed by atoms with Crippen molar-refractivity contribution in [1.82, 2.24) is 0 Å². The van der Waals surface area contributed by atoms with Crippen molar-refractivity contribution in [2.24, 2.45) is 0 Å². The van der Waals surface area contributed by atoms with Gasteiger partial charge in [0.15, 0.2) is 0 Å². The standard InChI is InChI=1S/C24H50O4S.Na/c1-3-5-7-12-17-21-24(29(26,27)28)22-18-14-11-9-10-13-16-20-23(25)19-15-8-6-4-2;/h23-25H,3-22H2,1-2H3,(H,26,27,28);/q;+1/p-1. The summed E-state index contributed by atoms with van der Waals surface area (Å²) in [5, 5.41) is 9.29. The van der Waals surface area contributed by atoms with Crippen molar-refractivity contribution >= 4 is 10.1 Å². The van der Waals surface area contributed by atoms with Gasteiger partial charge in [0.1, 0.15) is 0 Å². The molecule has 0 saturated heterocycles. The molecular formula is C24H49NaO4S. The Morgan fingerprint density at radius 1 is 0.600 bits per heavy atom. The van der Waals surface area contributed by atoms with Gasteiger partial charge in [-0.15, -0.1) is 0 Å². The maximum Gasteiger partial charge on any atom is 1.00 e. The number of rotatable bonds is 22. The molecule has 0 aliphatic rings. The normalized spacial score (nSPS) is 13.7. The van der Waals surface area contributed by atoms with Gasteiger partial charge in [0, 0.05) is 5.25 Å². The zero-order valence-corrected chi connectivity index (χ0v) is 23.2. The second kappa shape index (κ2) is 23.0. The molecule has 0 aliphatic carbocycles. The molecule has 0 heterocycles. The molecule has 4 nitrogen and oxygen atoms in total. The Hall–Kier alpha value is 0.870. The van der Waals surface area contributed by atoms with Gasteiger partial charge in [-0.25, -0.2) is 8.42 Å². The molecule has 6 heteroatoms. The Kier molecular flexibility index (Phi) is 25.4. The molecule has 0 spiro atoms. The molecule has 0 radical (unpaired) electrons. The third kappa shape index (κ3) is 22.1. The van der Waals surface area contributed by atoms with Crippen LogP contribution in [0, 0.1) is 0 Å². The topological polar surface area (TPSA) is 77.4 Å². The van der Waals surface area contributed by atoms with Crippen LogP contribution in [0.1, 0.15) is 142 Å². The summed E-state index contributed by atoms with van der Waals surface area (Å²) in [6.07, 6.45) is 20.7. The summed E-state index contributed by atoms with van der Waals surface area (Å²) in [6.45, 7) is 4.36. The molecule has 2 atom stereocenters. The van der Waals surface area contributed by atoms with Gasteiger partial charge in [0.2, 0.25) is 0 Å². The first kappa shape index (κ1) is 33.0. The minimum Gasteiger partial charge on any atom is -0.748 e. The van der Waals surface area contributed by atoms with E-state index in [0.29, 0.717) is 12.8 Å². The number of unbranched alkanes of at least 4 members (excludes halogenated alkanes) is 13. The first-order valence-electron chi connectivity index (χ1n) is 12.5. The molecule has 0 bridgehead atoms. The third-order valence-electron chi connectivity index (χ3n) is 5.99. The van der Waals surface area contributed by atoms with E-state index >= 15 is 0 Å². The van der Waals surface area contributed by atoms with E-state index in [2.05, 4.69) is 13.8 Å². The fourth-order valence-corrected chi connectivity index (χ4v) is 4.91. The molecule has 0 aliphatic heterocycles. The Labute approximate surface area is 210 Å². The molecule has 0 amide bonds. The summed E-state index contributed by atoms with van der Waals surface area (Å²) in [6, 6.07) is 0. The van der Waals surface area contributed by atoms with Crippen molar-refractivity contribution < 1.29 is 47.6 Å². The van der Waals surface area contributed by atoms with Crippen molar-refractivity contribution in [1.29, 1.82) is 0 Å². The van der Waals surface area contributed by atoms with E-state index in [1.54, 1.807) is 0 Å². The molecular weight excluding hydrogens is 407 g/mol. The van der Waals surface area contributed by atoms with Gasteiger partial charge >= 0.3 is 29.6 Å². The van der Waals surface area contributed by atoms with E-state index in [1.165, 1.54) is 51.4 Å². The zero-order chi connectivity index (χ0) is 21.8. The van der Waals surface area contributed by atoms with E-state index in [9.17, 15) is 18.1 Å². The summed E-state index contributed by atoms with van der Waals surface area (Å²) < 4.78 is 34.4. The molecule has 176 valence electrons. The largest absolute Gasteiger partial charge is 1.00 e. The van der Waals surface area contributed by atoms with Gasteiger partial charge in [-0.3, -0.25) is 0 Å². The minimum atomic E-state index is -4.15. The monoisotopic (exact) mass is 456 g/mol. The molecule has 0 fully saturated rings. The predicted octanol–water partition coefficient (Wildman–Crippen LogP) is 4.11. The van der Waals surface area contributed by atoms with Gasteiger partial charge in [-0.05, 0) is 25.7 Å². The Bertz CT molecular complexity index is 442. The molecule has 1 N–H and O–H groups in total. The van der Waals surface area contributed by atoms with E-state index in [0.717, 1.165) is 64.2 Å². The molecule has 0 rings (SSSR count). The van der Waals surface area contributed by atoms with Crippen molar-refractivity contribution in [2.75, 3.05) is 0 Å². The van der Waals surface area contributed by atoms with Crippen LogP contribution in [0.3, 0.4) is 0 Å². The average molecular weight is 457 g/mol. The zero-order valence-electron chi connectivity index (χ0n) is 20.4. The molecule has 0 aromatic carbocycles. The SMILES string of the molecule is CCCCCCCC(CCCCCCCCCC(O)CCCCCC)S(=O)(=O)[O-].[Na+]. The van der Waals surface area contributed by atoms with Gasteiger partial charge < -0.3 is 9.66 Å². The molecule has 0 aromatic heterocycles. The van der Waals surface area contributed by atoms with E-state index in [1.807, 2.05) is 0 Å². The van der Waals surface area contributed by atoms with Crippen LogP contribution in [0.2, 0.25) is 0 Å². The van der Waals surface area contributed by atoms with Gasteiger partial charge in [0.05, 0.1) is 16.2 Å². The van der Waals surface area contributed by atoms with Gasteiger partial charge in [-0.2, -0.15) is 0 Å². The number of aliphatic hydroxyl groups is 1. The maximum absolute atomic E-state index is 11.5. The van der Waals surface area contributed by atoms with Gasteiger partial charge in [0.25, 0.3) is 0 Å². The van der Waals surface area contributed by atoms with Crippen molar-refractivity contribution in [3.63, 3.8) is 0 Å². The molecule has 0 aromatic rings. The first-order valence-corrected chi connectivity index (χ1v) is 14.0. The maximum atomic E-state index is 11.5. The number of aliphatic hydroxyl groups excluding tert-OH is 1. The Morgan fingerprint density at radius 2 is 0.900 bits per heavy atom. The quantitative estimate of drug-likeness (QED) is 0.151. The summed E-state index contributed by atoms with van der Waals surface area (Å²) in [5.41, 5.74) is 0. The fraction of sp³-hybridized carbons (Fsp3) is 1.00. The van der Waals surface area contributed by atoms with Crippen LogP contribution in [0.15, 0.2) is 0 Å². The molecule has 0 saturated carbocycles. The minimum absolute atomic E-state index is 0. The van der Waals surface area contributed by atoms with Crippen molar-refractivity contribution in [2.45, 2.75) is 154 Å². The van der Waals surface area contributed by atoms with Crippen LogP contribution in [0.5, 0.6) is 0 Å².